The van der Waals surface area contributed by atoms with Crippen molar-refractivity contribution in [1.82, 2.24) is 20.1 Å². The van der Waals surface area contributed by atoms with E-state index < -0.39 is 17.9 Å². The van der Waals surface area contributed by atoms with Gasteiger partial charge >= 0.3 is 5.97 Å². The summed E-state index contributed by atoms with van der Waals surface area (Å²) in [5.74, 6) is -0.721. The van der Waals surface area contributed by atoms with Gasteiger partial charge in [-0.2, -0.15) is 0 Å². The van der Waals surface area contributed by atoms with E-state index in [0.717, 1.165) is 12.8 Å². The second-order valence-corrected chi connectivity index (χ2v) is 6.11. The lowest BCUT2D eigenvalue weighted by Gasteiger charge is -2.31. The number of amides is 1. The summed E-state index contributed by atoms with van der Waals surface area (Å²) >= 11 is 0. The highest BCUT2D eigenvalue weighted by atomic mass is 16.4. The summed E-state index contributed by atoms with van der Waals surface area (Å²) in [5.41, 5.74) is -0.236. The number of aliphatic carboxylic acids is 1. The molecular weight excluding hydrogens is 260 g/mol. The Kier molecular flexibility index (Phi) is 3.78. The second kappa shape index (κ2) is 5.22. The molecule has 1 amide bonds. The summed E-state index contributed by atoms with van der Waals surface area (Å²) in [5, 5.41) is 15.9. The summed E-state index contributed by atoms with van der Waals surface area (Å²) in [6, 6.07) is -0.771. The van der Waals surface area contributed by atoms with Crippen LogP contribution in [0.1, 0.15) is 56.5 Å². The van der Waals surface area contributed by atoms with Gasteiger partial charge in [-0.05, 0) is 19.3 Å². The third kappa shape index (κ3) is 2.81. The number of likely N-dealkylation sites (tertiary alicyclic amines) is 1. The number of rotatable bonds is 2. The van der Waals surface area contributed by atoms with Gasteiger partial charge in [0, 0.05) is 12.0 Å². The Balaban J connectivity index is 2.21. The Morgan fingerprint density at radius 3 is 2.60 bits per heavy atom. The zero-order valence-corrected chi connectivity index (χ0v) is 12.0. The molecule has 1 saturated heterocycles. The van der Waals surface area contributed by atoms with Gasteiger partial charge in [0.25, 0.3) is 5.91 Å². The number of carbonyl (C=O) groups is 2. The highest BCUT2D eigenvalue weighted by Gasteiger charge is 2.34. The topological polar surface area (TPSA) is 99.2 Å². The van der Waals surface area contributed by atoms with Crippen LogP contribution in [-0.4, -0.2) is 49.7 Å². The van der Waals surface area contributed by atoms with E-state index in [1.807, 2.05) is 20.8 Å². The molecule has 7 nitrogen and oxygen atoms in total. The molecule has 0 spiro atoms. The molecule has 0 aromatic carbocycles. The fourth-order valence-electron chi connectivity index (χ4n) is 2.25. The van der Waals surface area contributed by atoms with E-state index in [2.05, 4.69) is 15.2 Å². The maximum atomic E-state index is 12.4. The number of piperidine rings is 1. The average molecular weight is 280 g/mol. The molecule has 1 fully saturated rings. The third-order valence-electron chi connectivity index (χ3n) is 3.44. The van der Waals surface area contributed by atoms with Crippen LogP contribution >= 0.6 is 0 Å². The van der Waals surface area contributed by atoms with E-state index in [1.54, 1.807) is 0 Å². The van der Waals surface area contributed by atoms with E-state index >= 15 is 0 Å². The number of H-pyrrole nitrogens is 1. The zero-order valence-electron chi connectivity index (χ0n) is 12.0. The van der Waals surface area contributed by atoms with E-state index in [-0.39, 0.29) is 11.2 Å². The van der Waals surface area contributed by atoms with Crippen molar-refractivity contribution in [2.24, 2.45) is 0 Å². The molecule has 1 aromatic rings. The first-order valence-electron chi connectivity index (χ1n) is 6.77. The number of carboxylic acid groups (broad SMARTS) is 1. The SMILES string of the molecule is CC(C)(C)c1nc(C(=O)N2CCCC[C@H]2C(=O)O)n[nH]1. The largest absolute Gasteiger partial charge is 0.480 e. The number of aromatic amines is 1. The van der Waals surface area contributed by atoms with Crippen molar-refractivity contribution in [2.45, 2.75) is 51.5 Å². The summed E-state index contributed by atoms with van der Waals surface area (Å²) in [6.07, 6.45) is 2.12. The molecule has 1 aliphatic heterocycles. The number of carbonyl (C=O) groups excluding carboxylic acids is 1. The van der Waals surface area contributed by atoms with Crippen LogP contribution in [0.5, 0.6) is 0 Å². The summed E-state index contributed by atoms with van der Waals surface area (Å²) in [7, 11) is 0. The van der Waals surface area contributed by atoms with Gasteiger partial charge < -0.3 is 10.0 Å². The van der Waals surface area contributed by atoms with Gasteiger partial charge in [-0.25, -0.2) is 9.78 Å². The lowest BCUT2D eigenvalue weighted by Crippen LogP contribution is -2.48. The molecule has 2 rings (SSSR count). The molecule has 110 valence electrons. The van der Waals surface area contributed by atoms with Crippen molar-refractivity contribution in [3.05, 3.63) is 11.6 Å². The number of aromatic nitrogens is 3. The van der Waals surface area contributed by atoms with Crippen LogP contribution in [0.2, 0.25) is 0 Å². The van der Waals surface area contributed by atoms with E-state index in [1.165, 1.54) is 4.90 Å². The standard InChI is InChI=1S/C13H20N4O3/c1-13(2,3)12-14-9(15-16-12)10(18)17-7-5-4-6-8(17)11(19)20/h8H,4-7H2,1-3H3,(H,19,20)(H,14,15,16)/t8-/m0/s1. The van der Waals surface area contributed by atoms with Gasteiger partial charge in [0.05, 0.1) is 0 Å². The first-order valence-corrected chi connectivity index (χ1v) is 6.77. The van der Waals surface area contributed by atoms with Crippen molar-refractivity contribution >= 4 is 11.9 Å². The molecule has 1 aliphatic rings. The first kappa shape index (κ1) is 14.5. The Hall–Kier alpha value is -1.92. The average Bonchev–Trinajstić information content (AvgIpc) is 2.87. The predicted octanol–water partition coefficient (Wildman–Crippen LogP) is 1.18. The van der Waals surface area contributed by atoms with Crippen LogP contribution < -0.4 is 0 Å². The minimum atomic E-state index is -0.968. The molecule has 0 aliphatic carbocycles. The zero-order chi connectivity index (χ0) is 14.9. The molecule has 0 radical (unpaired) electrons. The van der Waals surface area contributed by atoms with Crippen molar-refractivity contribution < 1.29 is 14.7 Å². The molecule has 7 heteroatoms. The van der Waals surface area contributed by atoms with Crippen LogP contribution in [0.4, 0.5) is 0 Å². The minimum Gasteiger partial charge on any atom is -0.480 e. The molecule has 1 atom stereocenters. The quantitative estimate of drug-likeness (QED) is 0.847. The van der Waals surface area contributed by atoms with Crippen molar-refractivity contribution in [1.29, 1.82) is 0 Å². The maximum absolute atomic E-state index is 12.4. The van der Waals surface area contributed by atoms with Crippen molar-refractivity contribution in [3.63, 3.8) is 0 Å². The fourth-order valence-corrected chi connectivity index (χ4v) is 2.25. The summed E-state index contributed by atoms with van der Waals surface area (Å²) in [6.45, 7) is 6.32. The number of carboxylic acids is 1. The lowest BCUT2D eigenvalue weighted by atomic mass is 9.96. The van der Waals surface area contributed by atoms with E-state index in [4.69, 9.17) is 0 Å². The molecule has 2 heterocycles. The highest BCUT2D eigenvalue weighted by Crippen LogP contribution is 2.21. The second-order valence-electron chi connectivity index (χ2n) is 6.11. The van der Waals surface area contributed by atoms with Crippen LogP contribution in [0.25, 0.3) is 0 Å². The number of nitrogens with zero attached hydrogens (tertiary/aromatic N) is 3. The van der Waals surface area contributed by atoms with Gasteiger partial charge in [0.1, 0.15) is 11.9 Å². The maximum Gasteiger partial charge on any atom is 0.326 e. The number of hydrogen-bond donors (Lipinski definition) is 2. The van der Waals surface area contributed by atoms with Crippen molar-refractivity contribution in [2.75, 3.05) is 6.54 Å². The first-order chi connectivity index (χ1) is 9.30. The summed E-state index contributed by atoms with van der Waals surface area (Å²) in [4.78, 5) is 29.2. The van der Waals surface area contributed by atoms with Crippen LogP contribution in [0.3, 0.4) is 0 Å². The van der Waals surface area contributed by atoms with Gasteiger partial charge in [0.2, 0.25) is 5.82 Å². The molecule has 2 N–H and O–H groups in total. The Labute approximate surface area is 117 Å². The molecule has 1 aromatic heterocycles. The minimum absolute atomic E-state index is 0.0445. The predicted molar refractivity (Wildman–Crippen MR) is 71.4 cm³/mol. The Morgan fingerprint density at radius 1 is 1.35 bits per heavy atom. The molecule has 0 saturated carbocycles. The van der Waals surface area contributed by atoms with Gasteiger partial charge in [0.15, 0.2) is 0 Å². The van der Waals surface area contributed by atoms with Crippen LogP contribution in [-0.2, 0) is 10.2 Å². The van der Waals surface area contributed by atoms with Gasteiger partial charge in [-0.15, -0.1) is 5.10 Å². The summed E-state index contributed by atoms with van der Waals surface area (Å²) < 4.78 is 0. The van der Waals surface area contributed by atoms with Gasteiger partial charge in [-0.1, -0.05) is 20.8 Å². The monoisotopic (exact) mass is 280 g/mol. The lowest BCUT2D eigenvalue weighted by molar-refractivity contribution is -0.143. The van der Waals surface area contributed by atoms with Gasteiger partial charge in [-0.3, -0.25) is 9.89 Å². The Morgan fingerprint density at radius 2 is 2.05 bits per heavy atom. The smallest absolute Gasteiger partial charge is 0.326 e. The third-order valence-corrected chi connectivity index (χ3v) is 3.44. The normalized spacial score (nSPS) is 19.9. The highest BCUT2D eigenvalue weighted by molar-refractivity contribution is 5.93. The van der Waals surface area contributed by atoms with E-state index in [0.29, 0.717) is 18.8 Å². The van der Waals surface area contributed by atoms with Crippen LogP contribution in [0.15, 0.2) is 0 Å². The van der Waals surface area contributed by atoms with Crippen LogP contribution in [0, 0.1) is 0 Å². The fraction of sp³-hybridized carbons (Fsp3) is 0.692. The Bertz CT molecular complexity index is 518. The number of nitrogens with one attached hydrogen (secondary N) is 1. The van der Waals surface area contributed by atoms with Crippen molar-refractivity contribution in [3.8, 4) is 0 Å². The number of hydrogen-bond acceptors (Lipinski definition) is 4. The molecule has 20 heavy (non-hydrogen) atoms. The molecular formula is C13H20N4O3. The molecule has 0 unspecified atom stereocenters. The molecule has 0 bridgehead atoms. The van der Waals surface area contributed by atoms with E-state index in [9.17, 15) is 14.7 Å².